The molecule has 0 bridgehead atoms. The van der Waals surface area contributed by atoms with Gasteiger partial charge in [0.2, 0.25) is 5.91 Å². The van der Waals surface area contributed by atoms with Crippen LogP contribution in [0.3, 0.4) is 0 Å². The van der Waals surface area contributed by atoms with Gasteiger partial charge in [0.25, 0.3) is 0 Å². The number of rotatable bonds is 4. The zero-order valence-electron chi connectivity index (χ0n) is 11.5. The molecule has 1 aliphatic heterocycles. The van der Waals surface area contributed by atoms with Crippen molar-refractivity contribution in [2.24, 2.45) is 0 Å². The number of hydrogen-bond acceptors (Lipinski definition) is 4. The van der Waals surface area contributed by atoms with Crippen LogP contribution in [0.15, 0.2) is 18.2 Å². The monoisotopic (exact) mass is 350 g/mol. The Morgan fingerprint density at radius 3 is 2.52 bits per heavy atom. The molecule has 1 aromatic carbocycles. The first-order valence-electron chi connectivity index (χ1n) is 6.44. The minimum Gasteiger partial charge on any atom is -0.374 e. The van der Waals surface area contributed by atoms with Gasteiger partial charge in [-0.3, -0.25) is 4.79 Å². The largest absolute Gasteiger partial charge is 0.374 e. The molecule has 0 aliphatic carbocycles. The summed E-state index contributed by atoms with van der Waals surface area (Å²) in [5.41, 5.74) is 0.502. The van der Waals surface area contributed by atoms with E-state index in [1.807, 2.05) is 0 Å². The lowest BCUT2D eigenvalue weighted by Crippen LogP contribution is -2.40. The first-order valence-corrected chi connectivity index (χ1v) is 9.02. The highest BCUT2D eigenvalue weighted by atomic mass is 35.5. The molecule has 0 spiro atoms. The van der Waals surface area contributed by atoms with Crippen molar-refractivity contribution in [3.05, 3.63) is 28.2 Å². The van der Waals surface area contributed by atoms with Crippen LogP contribution in [-0.4, -0.2) is 50.4 Å². The third-order valence-electron chi connectivity index (χ3n) is 3.53. The van der Waals surface area contributed by atoms with Gasteiger partial charge in [0, 0.05) is 13.1 Å². The number of sulfone groups is 1. The Labute approximate surface area is 134 Å². The minimum atomic E-state index is -3.01. The second kappa shape index (κ2) is 6.42. The number of nitrogens with zero attached hydrogens (tertiary/aromatic N) is 1. The molecule has 1 aromatic rings. The summed E-state index contributed by atoms with van der Waals surface area (Å²) >= 11 is 12.0. The summed E-state index contributed by atoms with van der Waals surface area (Å²) in [6.45, 7) is 0.0104. The van der Waals surface area contributed by atoms with Crippen LogP contribution in [0.2, 0.25) is 10.0 Å². The van der Waals surface area contributed by atoms with E-state index in [1.54, 1.807) is 25.2 Å². The molecule has 5 nitrogen and oxygen atoms in total. The average Bonchev–Trinajstić information content (AvgIpc) is 2.77. The number of hydrogen-bond donors (Lipinski definition) is 1. The molecule has 1 heterocycles. The molecule has 1 fully saturated rings. The van der Waals surface area contributed by atoms with Crippen molar-refractivity contribution in [3.63, 3.8) is 0 Å². The molecule has 1 aliphatic rings. The van der Waals surface area contributed by atoms with Gasteiger partial charge in [0.05, 0.1) is 33.8 Å². The summed E-state index contributed by atoms with van der Waals surface area (Å²) in [5.74, 6) is -0.0330. The van der Waals surface area contributed by atoms with E-state index >= 15 is 0 Å². The van der Waals surface area contributed by atoms with E-state index in [2.05, 4.69) is 5.32 Å². The normalized spacial score (nSPS) is 20.2. The number of anilines is 1. The van der Waals surface area contributed by atoms with E-state index in [4.69, 9.17) is 23.2 Å². The maximum absolute atomic E-state index is 12.1. The lowest BCUT2D eigenvalue weighted by atomic mass is 10.2. The van der Waals surface area contributed by atoms with Gasteiger partial charge < -0.3 is 10.2 Å². The van der Waals surface area contributed by atoms with Crippen molar-refractivity contribution in [1.82, 2.24) is 4.90 Å². The van der Waals surface area contributed by atoms with Crippen molar-refractivity contribution in [3.8, 4) is 0 Å². The number of nitrogens with one attached hydrogen (secondary N) is 1. The van der Waals surface area contributed by atoms with Crippen LogP contribution >= 0.6 is 23.2 Å². The highest BCUT2D eigenvalue weighted by Gasteiger charge is 2.32. The summed E-state index contributed by atoms with van der Waals surface area (Å²) in [6, 6.07) is 4.81. The minimum absolute atomic E-state index is 0.0104. The fourth-order valence-corrected chi connectivity index (χ4v) is 4.55. The predicted molar refractivity (Wildman–Crippen MR) is 84.8 cm³/mol. The van der Waals surface area contributed by atoms with Gasteiger partial charge in [-0.15, -0.1) is 0 Å². The quantitative estimate of drug-likeness (QED) is 0.902. The van der Waals surface area contributed by atoms with Crippen molar-refractivity contribution in [2.45, 2.75) is 12.5 Å². The number of carbonyl (C=O) groups is 1. The number of amides is 1. The van der Waals surface area contributed by atoms with E-state index in [0.717, 1.165) is 0 Å². The molecular weight excluding hydrogens is 335 g/mol. The van der Waals surface area contributed by atoms with E-state index in [9.17, 15) is 13.2 Å². The fourth-order valence-electron chi connectivity index (χ4n) is 2.24. The first-order chi connectivity index (χ1) is 9.80. The Morgan fingerprint density at radius 1 is 1.38 bits per heavy atom. The standard InChI is InChI=1S/C13H16Cl2N2O3S/c1-17(9-5-6-21(19,20)8-9)12(18)7-16-13-10(14)3-2-4-11(13)15/h2-4,9,16H,5-8H2,1H3. The molecule has 8 heteroatoms. The number of benzene rings is 1. The second-order valence-corrected chi connectivity index (χ2v) is 8.05. The van der Waals surface area contributed by atoms with Gasteiger partial charge in [0.15, 0.2) is 9.84 Å². The molecule has 1 saturated heterocycles. The number of carbonyl (C=O) groups excluding carboxylic acids is 1. The molecule has 2 rings (SSSR count). The molecular formula is C13H16Cl2N2O3S. The molecule has 1 atom stereocenters. The third kappa shape index (κ3) is 4.02. The molecule has 1 unspecified atom stereocenters. The number of likely N-dealkylation sites (N-methyl/N-ethyl adjacent to an activating group) is 1. The van der Waals surface area contributed by atoms with Crippen molar-refractivity contribution >= 4 is 44.6 Å². The maximum atomic E-state index is 12.1. The SMILES string of the molecule is CN(C(=O)CNc1c(Cl)cccc1Cl)C1CCS(=O)(=O)C1. The Kier molecular flexibility index (Phi) is 5.01. The van der Waals surface area contributed by atoms with E-state index in [-0.39, 0.29) is 30.0 Å². The lowest BCUT2D eigenvalue weighted by molar-refractivity contribution is -0.129. The molecule has 0 saturated carbocycles. The van der Waals surface area contributed by atoms with Crippen LogP contribution in [0, 0.1) is 0 Å². The Morgan fingerprint density at radius 2 is 2.00 bits per heavy atom. The summed E-state index contributed by atoms with van der Waals surface area (Å²) < 4.78 is 22.9. The van der Waals surface area contributed by atoms with Gasteiger partial charge in [-0.1, -0.05) is 29.3 Å². The Balaban J connectivity index is 1.96. The highest BCUT2D eigenvalue weighted by Crippen LogP contribution is 2.29. The van der Waals surface area contributed by atoms with Crippen molar-refractivity contribution in [1.29, 1.82) is 0 Å². The van der Waals surface area contributed by atoms with Crippen LogP contribution in [0.4, 0.5) is 5.69 Å². The van der Waals surface area contributed by atoms with Crippen LogP contribution < -0.4 is 5.32 Å². The first kappa shape index (κ1) is 16.4. The van der Waals surface area contributed by atoms with Crippen LogP contribution in [0.25, 0.3) is 0 Å². The smallest absolute Gasteiger partial charge is 0.241 e. The topological polar surface area (TPSA) is 66.5 Å². The van der Waals surface area contributed by atoms with Gasteiger partial charge in [0.1, 0.15) is 0 Å². The molecule has 1 amide bonds. The number of halogens is 2. The summed E-state index contributed by atoms with van der Waals surface area (Å²) in [4.78, 5) is 13.6. The summed E-state index contributed by atoms with van der Waals surface area (Å²) in [7, 11) is -1.40. The lowest BCUT2D eigenvalue weighted by Gasteiger charge is -2.24. The second-order valence-electron chi connectivity index (χ2n) is 5.01. The van der Waals surface area contributed by atoms with Gasteiger partial charge in [-0.25, -0.2) is 8.42 Å². The number of para-hydroxylation sites is 1. The summed E-state index contributed by atoms with van der Waals surface area (Å²) in [6.07, 6.45) is 0.484. The van der Waals surface area contributed by atoms with E-state index in [1.165, 1.54) is 4.90 Å². The third-order valence-corrected chi connectivity index (χ3v) is 5.91. The van der Waals surface area contributed by atoms with Crippen molar-refractivity contribution < 1.29 is 13.2 Å². The summed E-state index contributed by atoms with van der Waals surface area (Å²) in [5, 5.41) is 3.77. The zero-order valence-corrected chi connectivity index (χ0v) is 13.8. The zero-order chi connectivity index (χ0) is 15.6. The van der Waals surface area contributed by atoms with Gasteiger partial charge >= 0.3 is 0 Å². The molecule has 21 heavy (non-hydrogen) atoms. The van der Waals surface area contributed by atoms with E-state index in [0.29, 0.717) is 22.2 Å². The molecule has 0 radical (unpaired) electrons. The molecule has 0 aromatic heterocycles. The fraction of sp³-hybridized carbons (Fsp3) is 0.462. The Hall–Kier alpha value is -0.980. The Bertz CT molecular complexity index is 629. The van der Waals surface area contributed by atoms with E-state index < -0.39 is 9.84 Å². The molecule has 1 N–H and O–H groups in total. The average molecular weight is 351 g/mol. The predicted octanol–water partition coefficient (Wildman–Crippen LogP) is 2.05. The van der Waals surface area contributed by atoms with Crippen LogP contribution in [-0.2, 0) is 14.6 Å². The van der Waals surface area contributed by atoms with Crippen molar-refractivity contribution in [2.75, 3.05) is 30.4 Å². The maximum Gasteiger partial charge on any atom is 0.241 e. The molecule has 116 valence electrons. The van der Waals surface area contributed by atoms with Gasteiger partial charge in [-0.05, 0) is 18.6 Å². The van der Waals surface area contributed by atoms with Crippen LogP contribution in [0.5, 0.6) is 0 Å². The highest BCUT2D eigenvalue weighted by molar-refractivity contribution is 7.91. The van der Waals surface area contributed by atoms with Gasteiger partial charge in [-0.2, -0.15) is 0 Å². The van der Waals surface area contributed by atoms with Crippen LogP contribution in [0.1, 0.15) is 6.42 Å².